The summed E-state index contributed by atoms with van der Waals surface area (Å²) in [5.41, 5.74) is 0. The van der Waals surface area contributed by atoms with E-state index in [-0.39, 0.29) is 12.6 Å². The minimum absolute atomic E-state index is 0.244. The van der Waals surface area contributed by atoms with Gasteiger partial charge in [0.15, 0.2) is 0 Å². The predicted molar refractivity (Wildman–Crippen MR) is 71.8 cm³/mol. The van der Waals surface area contributed by atoms with Crippen LogP contribution in [0.15, 0.2) is 0 Å². The van der Waals surface area contributed by atoms with Crippen LogP contribution in [0.1, 0.15) is 72.1 Å². The molecule has 0 aromatic rings. The van der Waals surface area contributed by atoms with Crippen LogP contribution < -0.4 is 5.32 Å². The van der Waals surface area contributed by atoms with Crippen LogP contribution in [-0.2, 0) is 0 Å². The van der Waals surface area contributed by atoms with E-state index in [1.807, 2.05) is 0 Å². The molecule has 0 rings (SSSR count). The fraction of sp³-hybridized carbons (Fsp3) is 1.00. The normalized spacial score (nSPS) is 13.3. The summed E-state index contributed by atoms with van der Waals surface area (Å²) in [6, 6.07) is 0.855. The van der Waals surface area contributed by atoms with Gasteiger partial charge in [-0.3, -0.25) is 0 Å². The predicted octanol–water partition coefficient (Wildman–Crippen LogP) is 3.49. The first-order valence-corrected chi connectivity index (χ1v) is 7.11. The third-order valence-corrected chi connectivity index (χ3v) is 3.11. The Kier molecular flexibility index (Phi) is 11.3. The summed E-state index contributed by atoms with van der Waals surface area (Å²) in [4.78, 5) is 0. The van der Waals surface area contributed by atoms with Crippen molar-refractivity contribution in [2.24, 2.45) is 0 Å². The molecule has 0 amide bonds. The van der Waals surface area contributed by atoms with E-state index in [1.165, 1.54) is 51.4 Å². The highest BCUT2D eigenvalue weighted by atomic mass is 16.3. The van der Waals surface area contributed by atoms with Crippen molar-refractivity contribution in [3.63, 3.8) is 0 Å². The molecule has 0 spiro atoms. The average Bonchev–Trinajstić information content (AvgIpc) is 2.29. The Labute approximate surface area is 102 Å². The van der Waals surface area contributed by atoms with Crippen LogP contribution >= 0.6 is 0 Å². The maximum Gasteiger partial charge on any atom is 0.0582 e. The van der Waals surface area contributed by atoms with E-state index in [2.05, 4.69) is 26.1 Å². The molecule has 2 heteroatoms. The Morgan fingerprint density at radius 1 is 0.938 bits per heavy atom. The Morgan fingerprint density at radius 3 is 1.81 bits per heavy atom. The molecule has 0 aromatic carbocycles. The monoisotopic (exact) mass is 229 g/mol. The van der Waals surface area contributed by atoms with Crippen molar-refractivity contribution in [3.05, 3.63) is 0 Å². The van der Waals surface area contributed by atoms with Crippen molar-refractivity contribution < 1.29 is 5.11 Å². The Balaban J connectivity index is 3.75. The summed E-state index contributed by atoms with van der Waals surface area (Å²) < 4.78 is 0. The topological polar surface area (TPSA) is 32.3 Å². The van der Waals surface area contributed by atoms with Gasteiger partial charge in [0, 0.05) is 12.1 Å². The molecule has 16 heavy (non-hydrogen) atoms. The SMILES string of the molecule is CCCCCC(CCCCC)N[C@H](C)CO. The third-order valence-electron chi connectivity index (χ3n) is 3.11. The van der Waals surface area contributed by atoms with Crippen molar-refractivity contribution in [3.8, 4) is 0 Å². The second-order valence-electron chi connectivity index (χ2n) is 4.94. The van der Waals surface area contributed by atoms with E-state index in [0.717, 1.165) is 0 Å². The number of unbranched alkanes of at least 4 members (excludes halogenated alkanes) is 4. The third kappa shape index (κ3) is 9.17. The highest BCUT2D eigenvalue weighted by Gasteiger charge is 2.10. The smallest absolute Gasteiger partial charge is 0.0582 e. The lowest BCUT2D eigenvalue weighted by molar-refractivity contribution is 0.233. The van der Waals surface area contributed by atoms with Gasteiger partial charge in [-0.05, 0) is 19.8 Å². The van der Waals surface area contributed by atoms with E-state index in [9.17, 15) is 0 Å². The Morgan fingerprint density at radius 2 is 1.44 bits per heavy atom. The number of nitrogens with one attached hydrogen (secondary N) is 1. The molecule has 0 heterocycles. The number of aliphatic hydroxyl groups excluding tert-OH is 1. The van der Waals surface area contributed by atoms with Crippen LogP contribution in [0, 0.1) is 0 Å². The number of aliphatic hydroxyl groups is 1. The molecule has 0 aliphatic heterocycles. The van der Waals surface area contributed by atoms with Crippen LogP contribution in [0.5, 0.6) is 0 Å². The molecule has 0 saturated carbocycles. The highest BCUT2D eigenvalue weighted by Crippen LogP contribution is 2.11. The molecule has 0 unspecified atom stereocenters. The molecule has 0 radical (unpaired) electrons. The molecule has 0 aliphatic carbocycles. The van der Waals surface area contributed by atoms with Gasteiger partial charge >= 0.3 is 0 Å². The van der Waals surface area contributed by atoms with E-state index in [1.54, 1.807) is 0 Å². The maximum absolute atomic E-state index is 9.06. The number of hydrogen-bond donors (Lipinski definition) is 2. The Hall–Kier alpha value is -0.0800. The zero-order valence-electron chi connectivity index (χ0n) is 11.5. The second kappa shape index (κ2) is 11.4. The zero-order valence-corrected chi connectivity index (χ0v) is 11.5. The van der Waals surface area contributed by atoms with E-state index in [4.69, 9.17) is 5.11 Å². The van der Waals surface area contributed by atoms with Gasteiger partial charge in [0.05, 0.1) is 6.61 Å². The zero-order chi connectivity index (χ0) is 12.2. The van der Waals surface area contributed by atoms with Crippen LogP contribution in [-0.4, -0.2) is 23.8 Å². The first-order chi connectivity index (χ1) is 7.74. The van der Waals surface area contributed by atoms with Gasteiger partial charge in [0.25, 0.3) is 0 Å². The standard InChI is InChI=1S/C14H31NO/c1-4-6-8-10-14(11-9-7-5-2)15-13(3)12-16/h13-16H,4-12H2,1-3H3/t13-/m1/s1. The molecule has 0 aliphatic rings. The van der Waals surface area contributed by atoms with Gasteiger partial charge in [0.2, 0.25) is 0 Å². The van der Waals surface area contributed by atoms with Crippen molar-refractivity contribution in [1.29, 1.82) is 0 Å². The minimum Gasteiger partial charge on any atom is -0.395 e. The van der Waals surface area contributed by atoms with Gasteiger partial charge in [0.1, 0.15) is 0 Å². The molecular formula is C14H31NO. The quantitative estimate of drug-likeness (QED) is 0.532. The summed E-state index contributed by atoms with van der Waals surface area (Å²) >= 11 is 0. The van der Waals surface area contributed by atoms with E-state index >= 15 is 0 Å². The highest BCUT2D eigenvalue weighted by molar-refractivity contribution is 4.71. The molecule has 1 atom stereocenters. The van der Waals surface area contributed by atoms with Gasteiger partial charge in [-0.2, -0.15) is 0 Å². The molecule has 2 N–H and O–H groups in total. The van der Waals surface area contributed by atoms with Gasteiger partial charge in [-0.1, -0.05) is 52.4 Å². The van der Waals surface area contributed by atoms with Crippen LogP contribution in [0.3, 0.4) is 0 Å². The Bertz CT molecular complexity index is 129. The summed E-state index contributed by atoms with van der Waals surface area (Å²) in [6.07, 6.45) is 10.4. The van der Waals surface area contributed by atoms with Crippen molar-refractivity contribution >= 4 is 0 Å². The van der Waals surface area contributed by atoms with Crippen LogP contribution in [0.25, 0.3) is 0 Å². The van der Waals surface area contributed by atoms with E-state index < -0.39 is 0 Å². The fourth-order valence-electron chi connectivity index (χ4n) is 2.05. The molecular weight excluding hydrogens is 198 g/mol. The minimum atomic E-state index is 0.244. The summed E-state index contributed by atoms with van der Waals surface area (Å²) in [5.74, 6) is 0. The maximum atomic E-state index is 9.06. The fourth-order valence-corrected chi connectivity index (χ4v) is 2.05. The number of hydrogen-bond acceptors (Lipinski definition) is 2. The van der Waals surface area contributed by atoms with Crippen molar-refractivity contribution in [2.75, 3.05) is 6.61 Å². The van der Waals surface area contributed by atoms with Crippen molar-refractivity contribution in [2.45, 2.75) is 84.2 Å². The lowest BCUT2D eigenvalue weighted by Crippen LogP contribution is -2.38. The molecule has 0 aromatic heterocycles. The van der Waals surface area contributed by atoms with Gasteiger partial charge < -0.3 is 10.4 Å². The largest absolute Gasteiger partial charge is 0.395 e. The van der Waals surface area contributed by atoms with Gasteiger partial charge in [-0.15, -0.1) is 0 Å². The van der Waals surface area contributed by atoms with Crippen LogP contribution in [0.4, 0.5) is 0 Å². The first-order valence-electron chi connectivity index (χ1n) is 7.11. The lowest BCUT2D eigenvalue weighted by Gasteiger charge is -2.22. The second-order valence-corrected chi connectivity index (χ2v) is 4.94. The van der Waals surface area contributed by atoms with E-state index in [0.29, 0.717) is 6.04 Å². The average molecular weight is 229 g/mol. The van der Waals surface area contributed by atoms with Crippen molar-refractivity contribution in [1.82, 2.24) is 5.32 Å². The first kappa shape index (κ1) is 15.9. The summed E-state index contributed by atoms with van der Waals surface area (Å²) in [5, 5.41) is 12.6. The molecule has 0 bridgehead atoms. The molecule has 2 nitrogen and oxygen atoms in total. The lowest BCUT2D eigenvalue weighted by atomic mass is 10.0. The number of rotatable bonds is 11. The van der Waals surface area contributed by atoms with Crippen LogP contribution in [0.2, 0.25) is 0 Å². The molecule has 0 fully saturated rings. The summed E-state index contributed by atoms with van der Waals surface area (Å²) in [6.45, 7) is 6.80. The summed E-state index contributed by atoms with van der Waals surface area (Å²) in [7, 11) is 0. The molecule has 98 valence electrons. The van der Waals surface area contributed by atoms with Gasteiger partial charge in [-0.25, -0.2) is 0 Å². The molecule has 0 saturated heterocycles.